The zero-order valence-electron chi connectivity index (χ0n) is 9.02. The van der Waals surface area contributed by atoms with Crippen molar-refractivity contribution in [3.05, 3.63) is 0 Å². The van der Waals surface area contributed by atoms with E-state index in [2.05, 4.69) is 0 Å². The Balaban J connectivity index is 2.06. The standard InChI is InChI=1S/C9H19NO4S/c1-15(11,12)5-4-13-7-9-3-2-8(10)6-14-9/h8-9H,2-7,10H2,1H3/t8-,9+/m1/s1. The van der Waals surface area contributed by atoms with Crippen LogP contribution < -0.4 is 5.73 Å². The molecule has 1 fully saturated rings. The lowest BCUT2D eigenvalue weighted by Gasteiger charge is -2.26. The fourth-order valence-electron chi connectivity index (χ4n) is 1.38. The van der Waals surface area contributed by atoms with Crippen LogP contribution in [0.15, 0.2) is 0 Å². The minimum Gasteiger partial charge on any atom is -0.378 e. The molecule has 0 aromatic rings. The number of hydrogen-bond acceptors (Lipinski definition) is 5. The minimum absolute atomic E-state index is 0.0687. The first kappa shape index (κ1) is 12.9. The highest BCUT2D eigenvalue weighted by molar-refractivity contribution is 7.90. The van der Waals surface area contributed by atoms with Crippen molar-refractivity contribution in [1.82, 2.24) is 0 Å². The van der Waals surface area contributed by atoms with E-state index in [0.29, 0.717) is 13.2 Å². The summed E-state index contributed by atoms with van der Waals surface area (Å²) in [4.78, 5) is 0. The summed E-state index contributed by atoms with van der Waals surface area (Å²) < 4.78 is 32.3. The first-order chi connectivity index (χ1) is 6.97. The Morgan fingerprint density at radius 2 is 2.20 bits per heavy atom. The molecule has 0 unspecified atom stereocenters. The molecule has 5 nitrogen and oxygen atoms in total. The summed E-state index contributed by atoms with van der Waals surface area (Å²) in [5, 5.41) is 0. The molecular weight excluding hydrogens is 218 g/mol. The van der Waals surface area contributed by atoms with Gasteiger partial charge in [-0.15, -0.1) is 0 Å². The van der Waals surface area contributed by atoms with Crippen molar-refractivity contribution in [2.24, 2.45) is 5.73 Å². The lowest BCUT2D eigenvalue weighted by atomic mass is 10.1. The van der Waals surface area contributed by atoms with Crippen molar-refractivity contribution in [2.45, 2.75) is 25.0 Å². The van der Waals surface area contributed by atoms with Crippen LogP contribution in [0.5, 0.6) is 0 Å². The van der Waals surface area contributed by atoms with Crippen molar-refractivity contribution in [3.8, 4) is 0 Å². The van der Waals surface area contributed by atoms with E-state index in [1.54, 1.807) is 0 Å². The monoisotopic (exact) mass is 237 g/mol. The quantitative estimate of drug-likeness (QED) is 0.655. The van der Waals surface area contributed by atoms with Gasteiger partial charge in [-0.25, -0.2) is 8.42 Å². The summed E-state index contributed by atoms with van der Waals surface area (Å²) in [7, 11) is -2.92. The molecule has 90 valence electrons. The summed E-state index contributed by atoms with van der Waals surface area (Å²) in [6.45, 7) is 1.27. The highest BCUT2D eigenvalue weighted by Gasteiger charge is 2.18. The highest BCUT2D eigenvalue weighted by atomic mass is 32.2. The highest BCUT2D eigenvalue weighted by Crippen LogP contribution is 2.12. The fraction of sp³-hybridized carbons (Fsp3) is 1.00. The van der Waals surface area contributed by atoms with E-state index in [0.717, 1.165) is 12.8 Å². The van der Waals surface area contributed by atoms with E-state index < -0.39 is 9.84 Å². The first-order valence-electron chi connectivity index (χ1n) is 5.10. The summed E-state index contributed by atoms with van der Waals surface area (Å²) in [6, 6.07) is 0.136. The Morgan fingerprint density at radius 1 is 1.47 bits per heavy atom. The molecule has 0 bridgehead atoms. The molecular formula is C9H19NO4S. The van der Waals surface area contributed by atoms with Crippen molar-refractivity contribution in [2.75, 3.05) is 31.8 Å². The van der Waals surface area contributed by atoms with Crippen LogP contribution in [0.4, 0.5) is 0 Å². The van der Waals surface area contributed by atoms with Crippen molar-refractivity contribution < 1.29 is 17.9 Å². The van der Waals surface area contributed by atoms with Gasteiger partial charge in [0.05, 0.1) is 31.7 Å². The molecule has 1 heterocycles. The van der Waals surface area contributed by atoms with E-state index in [1.165, 1.54) is 6.26 Å². The van der Waals surface area contributed by atoms with Crippen LogP contribution in [-0.4, -0.2) is 52.4 Å². The van der Waals surface area contributed by atoms with E-state index in [-0.39, 0.29) is 24.5 Å². The van der Waals surface area contributed by atoms with Crippen LogP contribution in [0.25, 0.3) is 0 Å². The Bertz CT molecular complexity index is 270. The number of ether oxygens (including phenoxy) is 2. The summed E-state index contributed by atoms with van der Waals surface area (Å²) in [5.41, 5.74) is 5.66. The summed E-state index contributed by atoms with van der Waals surface area (Å²) >= 11 is 0. The molecule has 1 saturated heterocycles. The predicted molar refractivity (Wildman–Crippen MR) is 57.5 cm³/mol. The van der Waals surface area contributed by atoms with Crippen LogP contribution in [-0.2, 0) is 19.3 Å². The van der Waals surface area contributed by atoms with E-state index in [4.69, 9.17) is 15.2 Å². The largest absolute Gasteiger partial charge is 0.378 e. The molecule has 15 heavy (non-hydrogen) atoms. The summed E-state index contributed by atoms with van der Waals surface area (Å²) in [5.74, 6) is 0.0687. The van der Waals surface area contributed by atoms with Crippen molar-refractivity contribution >= 4 is 9.84 Å². The average molecular weight is 237 g/mol. The maximum absolute atomic E-state index is 10.8. The van der Waals surface area contributed by atoms with Gasteiger partial charge in [-0.2, -0.15) is 0 Å². The lowest BCUT2D eigenvalue weighted by molar-refractivity contribution is -0.0444. The van der Waals surface area contributed by atoms with Gasteiger partial charge in [0.25, 0.3) is 0 Å². The van der Waals surface area contributed by atoms with Gasteiger partial charge in [-0.05, 0) is 12.8 Å². The topological polar surface area (TPSA) is 78.6 Å². The predicted octanol–water partition coefficient (Wildman–Crippen LogP) is -0.446. The van der Waals surface area contributed by atoms with Crippen LogP contribution >= 0.6 is 0 Å². The average Bonchev–Trinajstić information content (AvgIpc) is 2.14. The van der Waals surface area contributed by atoms with E-state index in [1.807, 2.05) is 0 Å². The van der Waals surface area contributed by atoms with Crippen molar-refractivity contribution in [3.63, 3.8) is 0 Å². The van der Waals surface area contributed by atoms with Gasteiger partial charge in [0.2, 0.25) is 0 Å². The van der Waals surface area contributed by atoms with Gasteiger partial charge in [0.1, 0.15) is 9.84 Å². The number of hydrogen-bond donors (Lipinski definition) is 1. The molecule has 1 aliphatic heterocycles. The lowest BCUT2D eigenvalue weighted by Crippen LogP contribution is -2.37. The molecule has 0 spiro atoms. The van der Waals surface area contributed by atoms with Crippen LogP contribution in [0.2, 0.25) is 0 Å². The number of nitrogens with two attached hydrogens (primary N) is 1. The Hall–Kier alpha value is -0.170. The molecule has 0 aromatic heterocycles. The number of rotatable bonds is 5. The Kier molecular flexibility index (Phi) is 4.98. The molecule has 2 atom stereocenters. The minimum atomic E-state index is -2.92. The van der Waals surface area contributed by atoms with Gasteiger partial charge < -0.3 is 15.2 Å². The maximum Gasteiger partial charge on any atom is 0.149 e. The van der Waals surface area contributed by atoms with Crippen LogP contribution in [0.1, 0.15) is 12.8 Å². The Labute approximate surface area is 90.8 Å². The molecule has 0 saturated carbocycles. The Morgan fingerprint density at radius 3 is 2.73 bits per heavy atom. The molecule has 0 amide bonds. The molecule has 0 radical (unpaired) electrons. The zero-order chi connectivity index (χ0) is 11.3. The first-order valence-corrected chi connectivity index (χ1v) is 7.16. The second kappa shape index (κ2) is 5.79. The van der Waals surface area contributed by atoms with Crippen molar-refractivity contribution in [1.29, 1.82) is 0 Å². The zero-order valence-corrected chi connectivity index (χ0v) is 9.83. The third-order valence-electron chi connectivity index (χ3n) is 2.31. The SMILES string of the molecule is CS(=O)(=O)CCOC[C@@H]1CC[C@@H](N)CO1. The third kappa shape index (κ3) is 6.09. The fourth-order valence-corrected chi connectivity index (χ4v) is 1.80. The second-order valence-corrected chi connectivity index (χ2v) is 6.26. The molecule has 1 aliphatic rings. The van der Waals surface area contributed by atoms with Gasteiger partial charge in [0.15, 0.2) is 0 Å². The molecule has 0 aliphatic carbocycles. The van der Waals surface area contributed by atoms with Gasteiger partial charge in [-0.1, -0.05) is 0 Å². The molecule has 0 aromatic carbocycles. The summed E-state index contributed by atoms with van der Waals surface area (Å²) in [6.07, 6.45) is 3.11. The maximum atomic E-state index is 10.8. The second-order valence-electron chi connectivity index (χ2n) is 4.00. The van der Waals surface area contributed by atoms with Gasteiger partial charge in [-0.3, -0.25) is 0 Å². The molecule has 2 N–H and O–H groups in total. The third-order valence-corrected chi connectivity index (χ3v) is 3.22. The van der Waals surface area contributed by atoms with Crippen LogP contribution in [0.3, 0.4) is 0 Å². The smallest absolute Gasteiger partial charge is 0.149 e. The normalized spacial score (nSPS) is 27.9. The van der Waals surface area contributed by atoms with Gasteiger partial charge in [0, 0.05) is 12.3 Å². The van der Waals surface area contributed by atoms with E-state index >= 15 is 0 Å². The van der Waals surface area contributed by atoms with Gasteiger partial charge >= 0.3 is 0 Å². The molecule has 6 heteroatoms. The van der Waals surface area contributed by atoms with E-state index in [9.17, 15) is 8.42 Å². The van der Waals surface area contributed by atoms with Crippen LogP contribution in [0, 0.1) is 0 Å². The molecule has 1 rings (SSSR count). The number of sulfone groups is 1.